The van der Waals surface area contributed by atoms with Crippen molar-refractivity contribution < 1.29 is 22.1 Å². The molecule has 0 fully saturated rings. The van der Waals surface area contributed by atoms with Crippen LogP contribution in [0.4, 0.5) is 0 Å². The van der Waals surface area contributed by atoms with Crippen LogP contribution in [-0.2, 0) is 0 Å². The second-order valence-corrected chi connectivity index (χ2v) is 37.3. The third-order valence-electron chi connectivity index (χ3n) is 29.4. The van der Waals surface area contributed by atoms with Gasteiger partial charge in [0.2, 0.25) is 0 Å². The van der Waals surface area contributed by atoms with Gasteiger partial charge in [-0.2, -0.15) is 0 Å². The van der Waals surface area contributed by atoms with Crippen LogP contribution in [0.2, 0.25) is 0 Å². The lowest BCUT2D eigenvalue weighted by Crippen LogP contribution is -1.98. The first kappa shape index (κ1) is 83.6. The van der Waals surface area contributed by atoms with Gasteiger partial charge in [-0.3, -0.25) is 48.2 Å². The summed E-state index contributed by atoms with van der Waals surface area (Å²) < 4.78 is 43.1. The molecule has 21 aromatic heterocycles. The molecule has 0 aliphatic rings. The van der Waals surface area contributed by atoms with Crippen molar-refractivity contribution >= 4 is 273 Å². The van der Waals surface area contributed by atoms with Gasteiger partial charge in [0, 0.05) is 200 Å². The molecule has 0 bridgehead atoms. The summed E-state index contributed by atoms with van der Waals surface area (Å²) >= 11 is 0. The highest BCUT2D eigenvalue weighted by molar-refractivity contribution is 6.41. The van der Waals surface area contributed by atoms with E-state index in [1.807, 2.05) is 251 Å². The summed E-state index contributed by atoms with van der Waals surface area (Å²) in [7, 11) is 0. The number of hydrogen-bond acceptors (Lipinski definition) is 16. The van der Waals surface area contributed by atoms with E-state index in [9.17, 15) is 0 Å². The van der Waals surface area contributed by atoms with Gasteiger partial charge in [-0.25, -0.2) is 24.9 Å². The van der Waals surface area contributed by atoms with Crippen molar-refractivity contribution in [2.75, 3.05) is 0 Å². The fourth-order valence-corrected chi connectivity index (χ4v) is 23.5. The molecular formula is C129H74N16O5. The molecule has 0 saturated carbocycles. The molecule has 0 atom stereocenters. The van der Waals surface area contributed by atoms with Crippen LogP contribution in [-0.4, -0.2) is 77.7 Å². The molecule has 0 spiro atoms. The van der Waals surface area contributed by atoms with Gasteiger partial charge < -0.3 is 26.7 Å². The van der Waals surface area contributed by atoms with Gasteiger partial charge in [0.05, 0.1) is 94.2 Å². The predicted molar refractivity (Wildman–Crippen MR) is 604 cm³/mol. The van der Waals surface area contributed by atoms with Crippen molar-refractivity contribution in [2.45, 2.75) is 0 Å². The predicted octanol–water partition coefficient (Wildman–Crippen LogP) is 32.5. The summed E-state index contributed by atoms with van der Waals surface area (Å²) in [5.74, 6) is 1.70. The van der Waals surface area contributed by atoms with Crippen LogP contribution in [0.15, 0.2) is 473 Å². The van der Waals surface area contributed by atoms with Crippen molar-refractivity contribution in [2.24, 2.45) is 0 Å². The van der Waals surface area contributed by atoms with Crippen LogP contribution in [0.3, 0.4) is 0 Å². The second-order valence-electron chi connectivity index (χ2n) is 37.3. The summed E-state index contributed by atoms with van der Waals surface area (Å²) in [6, 6.07) is 122. The van der Waals surface area contributed by atoms with E-state index in [1.54, 1.807) is 6.20 Å². The molecular weight excluding hydrogens is 1850 g/mol. The summed E-state index contributed by atoms with van der Waals surface area (Å²) in [4.78, 5) is 50.6. The number of para-hydroxylation sites is 6. The highest BCUT2D eigenvalue weighted by Crippen LogP contribution is 2.53. The number of fused-ring (bicyclic) bond motifs is 50. The minimum Gasteiger partial charge on any atom is -0.455 e. The molecule has 0 amide bonds. The maximum absolute atomic E-state index is 6.41. The van der Waals surface area contributed by atoms with Crippen LogP contribution in [0.25, 0.3) is 302 Å². The Morgan fingerprint density at radius 2 is 0.440 bits per heavy atom. The molecule has 14 aromatic carbocycles. The maximum atomic E-state index is 6.41. The fraction of sp³-hybridized carbons (Fsp3) is 0. The standard InChI is InChI=1S/4C26H15N3O.C25H14N4O/c1-2-9-18-17(8-1)22-20-11-6-14-28-26(20)29(16-7-5-13-27-15-16)24(22)23-19-10-3-4-12-21(19)30-25(18)23;1-2-9-17-16(8-1)22-19-11-7-15-28-26(19)29(21-13-5-6-14-27-21)24(22)23-18-10-3-4-12-20(18)30-25(17)23;1-2-7-18-17(6-1)22-20-9-5-13-28-26(20)29(16-11-14-27-15-12-16)24(22)23-19-8-3-4-10-21(19)30-25(18)23;1-2-7-16(8-3-1)29-20-10-6-13-28-24(20)22-17-12-14-27-15-19(17)26-23(25(22)29)18-9-4-5-11-21(18)30-26;1-2-8-19-16(6-1)22-24-21(15-10-13-26-14-17(15)25(22)30-19)23-18(7-5-12-28-23)29(24)20-9-3-4-11-27-20/h4*1-15H;1-14H. The van der Waals surface area contributed by atoms with Gasteiger partial charge in [-0.1, -0.05) is 194 Å². The van der Waals surface area contributed by atoms with E-state index in [0.717, 1.165) is 275 Å². The summed E-state index contributed by atoms with van der Waals surface area (Å²) in [6.45, 7) is 0. The Labute approximate surface area is 846 Å². The van der Waals surface area contributed by atoms with E-state index in [2.05, 4.69) is 247 Å². The van der Waals surface area contributed by atoms with Crippen molar-refractivity contribution in [3.63, 3.8) is 0 Å². The SMILES string of the molecule is c1ccc(-n2c3cccnc3c3c4ccncc4c4oc5ccccc5c4c32)cc1.c1ccc(-n2c3cccnc3c3c4ccncc4c4oc5ccccc5c4c32)nc1.c1ccc(-n2c3ncccc3c3c4ccccc4c4oc5ccccc5c4c32)nc1.c1ccc2c(c1)oc1c3ccccc3c3c4cccnc4n(-c4ccncc4)c3c21.c1cncc(-n2c3ncccc3c3c4ccccc4c4oc5ccccc5c4c32)c1. The molecule has 150 heavy (non-hydrogen) atoms. The van der Waals surface area contributed by atoms with Crippen molar-refractivity contribution in [3.8, 4) is 28.7 Å². The molecule has 0 saturated heterocycles. The molecule has 21 heterocycles. The topological polar surface area (TPSA) is 232 Å². The molecule has 700 valence electrons. The van der Waals surface area contributed by atoms with Gasteiger partial charge in [-0.05, 0) is 180 Å². The van der Waals surface area contributed by atoms with E-state index in [4.69, 9.17) is 47.0 Å². The van der Waals surface area contributed by atoms with Gasteiger partial charge in [-0.15, -0.1) is 0 Å². The molecule has 21 nitrogen and oxygen atoms in total. The number of rotatable bonds is 5. The molecule has 35 aromatic rings. The molecule has 0 N–H and O–H groups in total. The zero-order valence-corrected chi connectivity index (χ0v) is 79.4. The van der Waals surface area contributed by atoms with Crippen LogP contribution < -0.4 is 0 Å². The van der Waals surface area contributed by atoms with Crippen LogP contribution in [0, 0.1) is 0 Å². The van der Waals surface area contributed by atoms with Gasteiger partial charge in [0.25, 0.3) is 0 Å². The van der Waals surface area contributed by atoms with Crippen LogP contribution in [0.1, 0.15) is 0 Å². The fourth-order valence-electron chi connectivity index (χ4n) is 23.5. The third kappa shape index (κ3) is 12.4. The Balaban J connectivity index is 0.0000000844. The molecule has 0 unspecified atom stereocenters. The van der Waals surface area contributed by atoms with E-state index in [1.165, 1.54) is 26.9 Å². The number of benzene rings is 14. The van der Waals surface area contributed by atoms with Gasteiger partial charge >= 0.3 is 0 Å². The molecule has 0 aliphatic carbocycles. The van der Waals surface area contributed by atoms with Crippen molar-refractivity contribution in [3.05, 3.63) is 451 Å². The van der Waals surface area contributed by atoms with E-state index in [-0.39, 0.29) is 0 Å². The van der Waals surface area contributed by atoms with Crippen molar-refractivity contribution in [1.82, 2.24) is 77.7 Å². The molecule has 0 radical (unpaired) electrons. The Morgan fingerprint density at radius 1 is 0.153 bits per heavy atom. The Hall–Kier alpha value is -21.0. The lowest BCUT2D eigenvalue weighted by atomic mass is 10.00. The summed E-state index contributed by atoms with van der Waals surface area (Å²) in [5.41, 5.74) is 24.2. The average Bonchev–Trinajstić information content (AvgIpc) is 1.56. The Bertz CT molecular complexity index is 10200. The summed E-state index contributed by atoms with van der Waals surface area (Å²) in [5, 5.41) is 31.2. The number of hydrogen-bond donors (Lipinski definition) is 0. The largest absolute Gasteiger partial charge is 0.455 e. The summed E-state index contributed by atoms with van der Waals surface area (Å²) in [6.07, 6.45) is 27.6. The lowest BCUT2D eigenvalue weighted by molar-refractivity contribution is 0.672. The number of pyridine rings is 11. The molecule has 21 heteroatoms. The first-order valence-corrected chi connectivity index (χ1v) is 49.5. The zero-order valence-electron chi connectivity index (χ0n) is 79.4. The van der Waals surface area contributed by atoms with Crippen LogP contribution in [0.5, 0.6) is 0 Å². The van der Waals surface area contributed by atoms with E-state index in [0.29, 0.717) is 0 Å². The average molecular weight is 1930 g/mol. The molecule has 0 aliphatic heterocycles. The highest BCUT2D eigenvalue weighted by Gasteiger charge is 2.32. The number of nitrogens with zero attached hydrogens (tertiary/aromatic N) is 16. The van der Waals surface area contributed by atoms with E-state index >= 15 is 0 Å². The van der Waals surface area contributed by atoms with E-state index < -0.39 is 0 Å². The number of furan rings is 5. The first-order valence-electron chi connectivity index (χ1n) is 49.5. The monoisotopic (exact) mass is 1930 g/mol. The lowest BCUT2D eigenvalue weighted by Gasteiger charge is -2.09. The quantitative estimate of drug-likeness (QED) is 0.156. The Kier molecular flexibility index (Phi) is 18.6. The minimum absolute atomic E-state index is 0.840. The zero-order chi connectivity index (χ0) is 98.3. The van der Waals surface area contributed by atoms with Crippen LogP contribution >= 0.6 is 0 Å². The maximum Gasteiger partial charge on any atom is 0.146 e. The normalized spacial score (nSPS) is 12.0. The van der Waals surface area contributed by atoms with Crippen molar-refractivity contribution in [1.29, 1.82) is 0 Å². The molecule has 35 rings (SSSR count). The second kappa shape index (κ2) is 33.3. The smallest absolute Gasteiger partial charge is 0.146 e. The first-order chi connectivity index (χ1) is 74.6. The number of aromatic nitrogens is 16. The van der Waals surface area contributed by atoms with Gasteiger partial charge in [0.15, 0.2) is 0 Å². The van der Waals surface area contributed by atoms with Gasteiger partial charge in [0.1, 0.15) is 84.4 Å². The third-order valence-corrected chi connectivity index (χ3v) is 29.4. The minimum atomic E-state index is 0.840. The Morgan fingerprint density at radius 3 is 0.853 bits per heavy atom. The highest BCUT2D eigenvalue weighted by atomic mass is 16.3.